The van der Waals surface area contributed by atoms with Crippen LogP contribution in [0.25, 0.3) is 0 Å². The summed E-state index contributed by atoms with van der Waals surface area (Å²) in [5, 5.41) is 13.0. The highest BCUT2D eigenvalue weighted by Gasteiger charge is 2.31. The number of unbranched alkanes of at least 4 members (excludes halogenated alkanes) is 1. The molecule has 4 aromatic rings. The smallest absolute Gasteiger partial charge is 0.410 e. The fourth-order valence-corrected chi connectivity index (χ4v) is 5.77. The third-order valence-corrected chi connectivity index (χ3v) is 8.83. The number of carboxylic acids is 1. The molecule has 4 rings (SSSR count). The minimum atomic E-state index is -1.29. The summed E-state index contributed by atoms with van der Waals surface area (Å²) >= 11 is 0. The monoisotopic (exact) mass is 781 g/mol. The lowest BCUT2D eigenvalue weighted by molar-refractivity contribution is -0.145. The van der Waals surface area contributed by atoms with E-state index in [9.17, 15) is 29.1 Å². The Labute approximate surface area is 333 Å². The number of rotatable bonds is 23. The predicted octanol–water partition coefficient (Wildman–Crippen LogP) is 7.73. The van der Waals surface area contributed by atoms with Gasteiger partial charge in [0.1, 0.15) is 32.5 Å². The Balaban J connectivity index is 1.33. The van der Waals surface area contributed by atoms with Crippen LogP contribution in [0.2, 0.25) is 0 Å². The Kier molecular flexibility index (Phi) is 19.0. The van der Waals surface area contributed by atoms with Crippen LogP contribution in [0, 0.1) is 0 Å². The minimum absolute atomic E-state index is 0.00338. The molecule has 0 saturated carbocycles. The van der Waals surface area contributed by atoms with E-state index >= 15 is 0 Å². The highest BCUT2D eigenvalue weighted by atomic mass is 16.6. The van der Waals surface area contributed by atoms with E-state index in [4.69, 9.17) is 18.9 Å². The molecule has 0 heterocycles. The second-order valence-electron chi connectivity index (χ2n) is 13.2. The van der Waals surface area contributed by atoms with Gasteiger partial charge in [-0.2, -0.15) is 0 Å². The van der Waals surface area contributed by atoms with Crippen molar-refractivity contribution in [3.05, 3.63) is 144 Å². The lowest BCUT2D eigenvalue weighted by Crippen LogP contribution is -2.47. The summed E-state index contributed by atoms with van der Waals surface area (Å²) in [6, 6.07) is 35.5. The van der Waals surface area contributed by atoms with Gasteiger partial charge in [0.25, 0.3) is 0 Å². The Morgan fingerprint density at radius 3 is 1.49 bits per heavy atom. The van der Waals surface area contributed by atoms with E-state index < -0.39 is 30.3 Å². The number of ether oxygens (including phenoxy) is 4. The lowest BCUT2D eigenvalue weighted by Gasteiger charge is -2.29. The maximum absolute atomic E-state index is 13.4. The molecule has 0 aliphatic rings. The number of nitrogens with zero attached hydrogens (tertiary/aromatic N) is 2. The summed E-state index contributed by atoms with van der Waals surface area (Å²) in [6.07, 6.45) is -0.519. The van der Waals surface area contributed by atoms with E-state index in [0.29, 0.717) is 12.8 Å². The Morgan fingerprint density at radius 2 is 0.982 bits per heavy atom. The average molecular weight is 782 g/mol. The number of benzene rings is 4. The van der Waals surface area contributed by atoms with Crippen molar-refractivity contribution in [1.82, 2.24) is 15.1 Å². The summed E-state index contributed by atoms with van der Waals surface area (Å²) in [5.41, 5.74) is 3.25. The van der Waals surface area contributed by atoms with Gasteiger partial charge in [-0.3, -0.25) is 9.69 Å². The van der Waals surface area contributed by atoms with Gasteiger partial charge in [0.15, 0.2) is 0 Å². The first-order valence-electron chi connectivity index (χ1n) is 19.1. The van der Waals surface area contributed by atoms with Crippen molar-refractivity contribution in [3.8, 4) is 0 Å². The van der Waals surface area contributed by atoms with E-state index in [0.717, 1.165) is 27.2 Å². The maximum atomic E-state index is 13.4. The summed E-state index contributed by atoms with van der Waals surface area (Å²) in [5.74, 6) is -1.59. The summed E-state index contributed by atoms with van der Waals surface area (Å²) < 4.78 is 21.8. The number of carbonyl (C=O) groups excluding carboxylic acids is 4. The summed E-state index contributed by atoms with van der Waals surface area (Å²) in [4.78, 5) is 66.7. The highest BCUT2D eigenvalue weighted by Crippen LogP contribution is 2.15. The molecule has 13 nitrogen and oxygen atoms in total. The summed E-state index contributed by atoms with van der Waals surface area (Å²) in [6.45, 7) is 0.725. The third kappa shape index (κ3) is 16.9. The zero-order valence-electron chi connectivity index (χ0n) is 32.0. The van der Waals surface area contributed by atoms with Crippen molar-refractivity contribution in [2.45, 2.75) is 71.0 Å². The topological polar surface area (TPSA) is 161 Å². The van der Waals surface area contributed by atoms with Crippen LogP contribution in [0.15, 0.2) is 121 Å². The quantitative estimate of drug-likeness (QED) is 0.0433. The fourth-order valence-electron chi connectivity index (χ4n) is 5.77. The van der Waals surface area contributed by atoms with Crippen LogP contribution in [-0.2, 0) is 55.0 Å². The molecule has 0 radical (unpaired) electrons. The zero-order chi connectivity index (χ0) is 40.5. The number of amides is 3. The number of esters is 1. The molecule has 1 atom stereocenters. The van der Waals surface area contributed by atoms with E-state index in [2.05, 4.69) is 5.32 Å². The van der Waals surface area contributed by atoms with Crippen LogP contribution in [0.1, 0.15) is 60.8 Å². The van der Waals surface area contributed by atoms with Crippen LogP contribution < -0.4 is 5.32 Å². The molecule has 0 aliphatic carbocycles. The first-order valence-corrected chi connectivity index (χ1v) is 19.1. The van der Waals surface area contributed by atoms with Crippen LogP contribution in [0.4, 0.5) is 14.4 Å². The van der Waals surface area contributed by atoms with E-state index in [1.165, 1.54) is 4.90 Å². The molecular weight excluding hydrogens is 730 g/mol. The Hall–Kier alpha value is -6.37. The van der Waals surface area contributed by atoms with Crippen molar-refractivity contribution in [2.24, 2.45) is 0 Å². The molecular formula is C44H51N3O10. The van der Waals surface area contributed by atoms with Crippen molar-refractivity contribution in [1.29, 1.82) is 0 Å². The maximum Gasteiger partial charge on any atom is 0.410 e. The van der Waals surface area contributed by atoms with Crippen LogP contribution >= 0.6 is 0 Å². The molecule has 57 heavy (non-hydrogen) atoms. The molecule has 1 unspecified atom stereocenters. The molecule has 4 aromatic carbocycles. The number of aliphatic carboxylic acids is 1. The molecule has 13 heteroatoms. The number of alkyl carbamates (subject to hydrolysis) is 1. The largest absolute Gasteiger partial charge is 0.480 e. The molecule has 0 aromatic heterocycles. The van der Waals surface area contributed by atoms with Gasteiger partial charge in [-0.15, -0.1) is 0 Å². The number of carboxylic acid groups (broad SMARTS) is 1. The van der Waals surface area contributed by atoms with E-state index in [1.807, 2.05) is 97.1 Å². The van der Waals surface area contributed by atoms with Gasteiger partial charge in [0.2, 0.25) is 0 Å². The van der Waals surface area contributed by atoms with Crippen LogP contribution in [-0.4, -0.2) is 77.3 Å². The second kappa shape index (κ2) is 24.9. The molecule has 302 valence electrons. The van der Waals surface area contributed by atoms with Crippen LogP contribution in [0.5, 0.6) is 0 Å². The van der Waals surface area contributed by atoms with Gasteiger partial charge in [-0.25, -0.2) is 19.2 Å². The lowest BCUT2D eigenvalue weighted by atomic mass is 10.1. The summed E-state index contributed by atoms with van der Waals surface area (Å²) in [7, 11) is 0. The fraction of sp³-hybridized carbons (Fsp3) is 0.341. The molecule has 3 amide bonds. The van der Waals surface area contributed by atoms with Gasteiger partial charge in [-0.1, -0.05) is 121 Å². The van der Waals surface area contributed by atoms with Crippen LogP contribution in [0.3, 0.4) is 0 Å². The van der Waals surface area contributed by atoms with Crippen molar-refractivity contribution >= 4 is 30.2 Å². The third-order valence-electron chi connectivity index (χ3n) is 8.83. The number of carbonyl (C=O) groups is 5. The van der Waals surface area contributed by atoms with E-state index in [1.54, 1.807) is 24.3 Å². The number of nitrogens with one attached hydrogen (secondary N) is 1. The predicted molar refractivity (Wildman–Crippen MR) is 212 cm³/mol. The SMILES string of the molecule is O=C(CCCCN(CCCC(C(=O)O)N(CCCNC(=O)OCc1ccccc1)C(=O)OCc1ccccc1)C(=O)OCc1ccccc1)OCc1ccccc1. The van der Waals surface area contributed by atoms with E-state index in [-0.39, 0.29) is 84.3 Å². The van der Waals surface area contributed by atoms with Gasteiger partial charge in [-0.05, 0) is 54.4 Å². The first-order chi connectivity index (χ1) is 27.8. The van der Waals surface area contributed by atoms with Gasteiger partial charge >= 0.3 is 30.2 Å². The van der Waals surface area contributed by atoms with Gasteiger partial charge in [0.05, 0.1) is 0 Å². The van der Waals surface area contributed by atoms with Gasteiger partial charge in [0, 0.05) is 32.6 Å². The number of hydrogen-bond donors (Lipinski definition) is 2. The van der Waals surface area contributed by atoms with Crippen molar-refractivity contribution in [2.75, 3.05) is 26.2 Å². The Morgan fingerprint density at radius 1 is 0.526 bits per heavy atom. The molecule has 0 spiro atoms. The Bertz CT molecular complexity index is 1800. The average Bonchev–Trinajstić information content (AvgIpc) is 3.24. The zero-order valence-corrected chi connectivity index (χ0v) is 32.0. The van der Waals surface area contributed by atoms with Gasteiger partial charge < -0.3 is 34.3 Å². The standard InChI is InChI=1S/C44H51N3O10/c48-40(54-31-35-17-5-1-6-18-35)26-13-14-28-46(43(52)56-33-37-21-9-3-10-22-37)29-15-25-39(41(49)50)47(44(53)57-34-38-23-11-4-12-24-38)30-16-27-45-42(51)55-32-36-19-7-2-8-20-36/h1-12,17-24,39H,13-16,25-34H2,(H,45,51)(H,49,50). The van der Waals surface area contributed by atoms with Crippen molar-refractivity contribution in [3.63, 3.8) is 0 Å². The molecule has 0 saturated heterocycles. The minimum Gasteiger partial charge on any atom is -0.480 e. The second-order valence-corrected chi connectivity index (χ2v) is 13.2. The highest BCUT2D eigenvalue weighted by molar-refractivity contribution is 5.80. The molecule has 0 bridgehead atoms. The molecule has 0 fully saturated rings. The first kappa shape index (κ1) is 43.4. The number of hydrogen-bond acceptors (Lipinski definition) is 9. The normalized spacial score (nSPS) is 11.1. The molecule has 2 N–H and O–H groups in total. The molecule has 0 aliphatic heterocycles. The van der Waals surface area contributed by atoms with Crippen molar-refractivity contribution < 1.29 is 48.0 Å².